The van der Waals surface area contributed by atoms with Gasteiger partial charge in [-0.25, -0.2) is 8.78 Å². The topological polar surface area (TPSA) is 26.7 Å². The van der Waals surface area contributed by atoms with E-state index in [1.54, 1.807) is 21.9 Å². The van der Waals surface area contributed by atoms with Crippen molar-refractivity contribution in [2.75, 3.05) is 36.0 Å². The van der Waals surface area contributed by atoms with Crippen molar-refractivity contribution in [1.29, 1.82) is 0 Å². The second-order valence-electron chi connectivity index (χ2n) is 10.3. The zero-order chi connectivity index (χ0) is 26.4. The average molecular weight is 517 g/mol. The van der Waals surface area contributed by atoms with Gasteiger partial charge in [0.25, 0.3) is 5.92 Å². The van der Waals surface area contributed by atoms with Crippen molar-refractivity contribution in [2.24, 2.45) is 0 Å². The number of β-amino-alcohol motifs (C(OH)–C–C–N with tert-alkyl or cyclic N) is 1. The van der Waals surface area contributed by atoms with Gasteiger partial charge in [0.15, 0.2) is 6.10 Å². The van der Waals surface area contributed by atoms with E-state index in [9.17, 15) is 27.1 Å². The Balaban J connectivity index is 1.56. The van der Waals surface area contributed by atoms with Crippen LogP contribution in [0.15, 0.2) is 72.8 Å². The number of benzene rings is 3. The van der Waals surface area contributed by atoms with Gasteiger partial charge in [0.2, 0.25) is 0 Å². The van der Waals surface area contributed by atoms with Crippen molar-refractivity contribution < 1.29 is 27.1 Å². The standard InChI is InChI=1S/C29H29F5N2O/c1-20-6-4-8-22(14-20)27(16-21-7-5-9-23(15-21)35-13-12-28(30,31)19-35)18-36(17-26(37)29(32,33)34)25-11-3-2-10-24(25)27/h2-11,14-15,26,37H,12-13,16-19H2,1H3/t26-,27?/m1/s1. The first-order valence-corrected chi connectivity index (χ1v) is 12.4. The number of aryl methyl sites for hydroxylation is 1. The average Bonchev–Trinajstić information content (AvgIpc) is 3.37. The summed E-state index contributed by atoms with van der Waals surface area (Å²) in [6, 6.07) is 22.8. The van der Waals surface area contributed by atoms with Gasteiger partial charge in [-0.05, 0) is 48.2 Å². The normalized spacial score (nSPS) is 21.8. The summed E-state index contributed by atoms with van der Waals surface area (Å²) >= 11 is 0. The molecule has 5 rings (SSSR count). The quantitative estimate of drug-likeness (QED) is 0.401. The summed E-state index contributed by atoms with van der Waals surface area (Å²) < 4.78 is 67.7. The van der Waals surface area contributed by atoms with E-state index in [0.717, 1.165) is 22.3 Å². The molecule has 0 saturated carbocycles. The van der Waals surface area contributed by atoms with E-state index >= 15 is 0 Å². The van der Waals surface area contributed by atoms with Gasteiger partial charge >= 0.3 is 6.18 Å². The first-order chi connectivity index (χ1) is 17.5. The van der Waals surface area contributed by atoms with E-state index < -0.39 is 30.2 Å². The largest absolute Gasteiger partial charge is 0.416 e. The second-order valence-corrected chi connectivity index (χ2v) is 10.3. The third kappa shape index (κ3) is 5.04. The van der Waals surface area contributed by atoms with Crippen molar-refractivity contribution in [1.82, 2.24) is 0 Å². The summed E-state index contributed by atoms with van der Waals surface area (Å²) in [4.78, 5) is 3.29. The minimum atomic E-state index is -4.73. The SMILES string of the molecule is Cc1cccc(C2(Cc3cccc(N4CCC(F)(F)C4)c3)CN(C[C@@H](O)C(F)(F)F)c3ccccc32)c1. The van der Waals surface area contributed by atoms with E-state index in [1.165, 1.54) is 0 Å². The van der Waals surface area contributed by atoms with E-state index in [4.69, 9.17) is 0 Å². The fourth-order valence-corrected chi connectivity index (χ4v) is 5.74. The van der Waals surface area contributed by atoms with Crippen LogP contribution < -0.4 is 9.80 Å². The number of aliphatic hydroxyl groups excluding tert-OH is 1. The van der Waals surface area contributed by atoms with Gasteiger partial charge in [0.05, 0.1) is 13.1 Å². The Bertz CT molecular complexity index is 1280. The fourth-order valence-electron chi connectivity index (χ4n) is 5.74. The second kappa shape index (κ2) is 9.31. The van der Waals surface area contributed by atoms with Gasteiger partial charge in [-0.1, -0.05) is 60.2 Å². The molecule has 196 valence electrons. The number of aliphatic hydroxyl groups is 1. The van der Waals surface area contributed by atoms with E-state index in [0.29, 0.717) is 17.8 Å². The van der Waals surface area contributed by atoms with Crippen molar-refractivity contribution in [3.05, 3.63) is 95.1 Å². The summed E-state index contributed by atoms with van der Waals surface area (Å²) in [5, 5.41) is 9.91. The molecule has 0 spiro atoms. The summed E-state index contributed by atoms with van der Waals surface area (Å²) in [5.74, 6) is -2.72. The minimum Gasteiger partial charge on any atom is -0.382 e. The highest BCUT2D eigenvalue weighted by atomic mass is 19.4. The Hall–Kier alpha value is -3.13. The van der Waals surface area contributed by atoms with Gasteiger partial charge in [0, 0.05) is 36.3 Å². The maximum Gasteiger partial charge on any atom is 0.416 e. The molecule has 0 aliphatic carbocycles. The van der Waals surface area contributed by atoms with Gasteiger partial charge in [-0.3, -0.25) is 0 Å². The molecule has 2 atom stereocenters. The number of para-hydroxylation sites is 1. The van der Waals surface area contributed by atoms with Crippen LogP contribution >= 0.6 is 0 Å². The number of nitrogens with zero attached hydrogens (tertiary/aromatic N) is 2. The Morgan fingerprint density at radius 3 is 2.41 bits per heavy atom. The van der Waals surface area contributed by atoms with Crippen LogP contribution in [0.2, 0.25) is 0 Å². The zero-order valence-electron chi connectivity index (χ0n) is 20.5. The summed E-state index contributed by atoms with van der Waals surface area (Å²) in [6.07, 6.45) is -6.93. The van der Waals surface area contributed by atoms with Crippen LogP contribution in [-0.2, 0) is 11.8 Å². The Morgan fingerprint density at radius 2 is 1.70 bits per heavy atom. The van der Waals surface area contributed by atoms with E-state index in [2.05, 4.69) is 0 Å². The number of anilines is 2. The third-order valence-electron chi connectivity index (χ3n) is 7.51. The molecule has 8 heteroatoms. The molecule has 1 N–H and O–H groups in total. The lowest BCUT2D eigenvalue weighted by molar-refractivity contribution is -0.200. The summed E-state index contributed by atoms with van der Waals surface area (Å²) in [7, 11) is 0. The minimum absolute atomic E-state index is 0.186. The molecule has 0 amide bonds. The Morgan fingerprint density at radius 1 is 0.946 bits per heavy atom. The maximum atomic E-state index is 13.9. The van der Waals surface area contributed by atoms with Crippen LogP contribution in [0.1, 0.15) is 28.7 Å². The lowest BCUT2D eigenvalue weighted by Gasteiger charge is -2.33. The molecule has 0 radical (unpaired) electrons. The molecule has 2 aliphatic heterocycles. The zero-order valence-corrected chi connectivity index (χ0v) is 20.5. The number of rotatable bonds is 6. The summed E-state index contributed by atoms with van der Waals surface area (Å²) in [5.41, 5.74) is 4.45. The lowest BCUT2D eigenvalue weighted by atomic mass is 9.71. The van der Waals surface area contributed by atoms with Crippen LogP contribution in [0.3, 0.4) is 0 Å². The summed E-state index contributed by atoms with van der Waals surface area (Å²) in [6.45, 7) is 1.58. The Labute approximate surface area is 213 Å². The van der Waals surface area contributed by atoms with Crippen molar-refractivity contribution in [2.45, 2.75) is 43.4 Å². The van der Waals surface area contributed by atoms with Crippen LogP contribution in [0.25, 0.3) is 0 Å². The number of halogens is 5. The molecule has 3 nitrogen and oxygen atoms in total. The highest BCUT2D eigenvalue weighted by Gasteiger charge is 2.47. The van der Waals surface area contributed by atoms with E-state index in [1.807, 2.05) is 67.6 Å². The van der Waals surface area contributed by atoms with Gasteiger partial charge in [0.1, 0.15) is 0 Å². The molecular weight excluding hydrogens is 487 g/mol. The fraction of sp³-hybridized carbons (Fsp3) is 0.379. The molecule has 0 bridgehead atoms. The molecule has 0 aromatic heterocycles. The smallest absolute Gasteiger partial charge is 0.382 e. The monoisotopic (exact) mass is 516 g/mol. The highest BCUT2D eigenvalue weighted by Crippen LogP contribution is 2.48. The van der Waals surface area contributed by atoms with Gasteiger partial charge in [-0.2, -0.15) is 13.2 Å². The predicted octanol–water partition coefficient (Wildman–Crippen LogP) is 6.11. The van der Waals surface area contributed by atoms with Crippen molar-refractivity contribution >= 4 is 11.4 Å². The molecular formula is C29H29F5N2O. The molecule has 2 aliphatic rings. The first-order valence-electron chi connectivity index (χ1n) is 12.4. The van der Waals surface area contributed by atoms with Gasteiger partial charge < -0.3 is 14.9 Å². The maximum absolute atomic E-state index is 13.9. The molecule has 3 aromatic carbocycles. The first kappa shape index (κ1) is 25.5. The molecule has 2 heterocycles. The van der Waals surface area contributed by atoms with Crippen LogP contribution in [0.4, 0.5) is 33.3 Å². The predicted molar refractivity (Wildman–Crippen MR) is 135 cm³/mol. The molecule has 1 saturated heterocycles. The molecule has 3 aromatic rings. The number of fused-ring (bicyclic) bond motifs is 1. The van der Waals surface area contributed by atoms with Crippen LogP contribution in [0.5, 0.6) is 0 Å². The lowest BCUT2D eigenvalue weighted by Crippen LogP contribution is -2.44. The van der Waals surface area contributed by atoms with E-state index in [-0.39, 0.29) is 26.1 Å². The van der Waals surface area contributed by atoms with Crippen LogP contribution in [-0.4, -0.2) is 49.5 Å². The van der Waals surface area contributed by atoms with Crippen molar-refractivity contribution in [3.63, 3.8) is 0 Å². The van der Waals surface area contributed by atoms with Crippen molar-refractivity contribution in [3.8, 4) is 0 Å². The highest BCUT2D eigenvalue weighted by molar-refractivity contribution is 5.67. The third-order valence-corrected chi connectivity index (χ3v) is 7.51. The molecule has 1 fully saturated rings. The number of hydrogen-bond donors (Lipinski definition) is 1. The molecule has 1 unspecified atom stereocenters. The number of hydrogen-bond acceptors (Lipinski definition) is 3. The van der Waals surface area contributed by atoms with Gasteiger partial charge in [-0.15, -0.1) is 0 Å². The Kier molecular flexibility index (Phi) is 6.42. The molecule has 37 heavy (non-hydrogen) atoms. The van der Waals surface area contributed by atoms with Crippen LogP contribution in [0, 0.1) is 6.92 Å². The number of alkyl halides is 5.